The van der Waals surface area contributed by atoms with Gasteiger partial charge in [0.2, 0.25) is 0 Å². The van der Waals surface area contributed by atoms with Gasteiger partial charge in [-0.25, -0.2) is 0 Å². The van der Waals surface area contributed by atoms with Crippen LogP contribution in [0.4, 0.5) is 0 Å². The average molecular weight is 234 g/mol. The SMILES string of the molecule is C/C=C(\N)CCNC(=O)c1ccc(OC)cc1. The second-order valence-electron chi connectivity index (χ2n) is 3.60. The number of nitrogens with one attached hydrogen (secondary N) is 1. The molecule has 0 aromatic heterocycles. The van der Waals surface area contributed by atoms with E-state index in [0.29, 0.717) is 18.5 Å². The smallest absolute Gasteiger partial charge is 0.251 e. The number of rotatable bonds is 5. The molecule has 0 radical (unpaired) electrons. The molecule has 0 fully saturated rings. The van der Waals surface area contributed by atoms with Gasteiger partial charge in [-0.3, -0.25) is 4.79 Å². The highest BCUT2D eigenvalue weighted by Gasteiger charge is 2.04. The summed E-state index contributed by atoms with van der Waals surface area (Å²) in [7, 11) is 1.59. The van der Waals surface area contributed by atoms with Crippen molar-refractivity contribution in [3.05, 3.63) is 41.6 Å². The van der Waals surface area contributed by atoms with E-state index in [1.54, 1.807) is 31.4 Å². The Morgan fingerprint density at radius 1 is 1.41 bits per heavy atom. The molecule has 0 atom stereocenters. The van der Waals surface area contributed by atoms with E-state index in [1.165, 1.54) is 0 Å². The second kappa shape index (κ2) is 6.58. The third kappa shape index (κ3) is 4.18. The van der Waals surface area contributed by atoms with Gasteiger partial charge in [-0.05, 0) is 31.2 Å². The molecule has 17 heavy (non-hydrogen) atoms. The molecule has 0 aliphatic carbocycles. The van der Waals surface area contributed by atoms with E-state index in [0.717, 1.165) is 11.4 Å². The van der Waals surface area contributed by atoms with Gasteiger partial charge in [0.05, 0.1) is 7.11 Å². The van der Waals surface area contributed by atoms with Crippen LogP contribution >= 0.6 is 0 Å². The largest absolute Gasteiger partial charge is 0.497 e. The molecule has 1 aromatic rings. The molecule has 0 heterocycles. The van der Waals surface area contributed by atoms with Gasteiger partial charge in [0, 0.05) is 24.2 Å². The molecule has 1 rings (SSSR count). The van der Waals surface area contributed by atoms with Gasteiger partial charge in [-0.15, -0.1) is 0 Å². The predicted molar refractivity (Wildman–Crippen MR) is 67.9 cm³/mol. The van der Waals surface area contributed by atoms with E-state index in [-0.39, 0.29) is 5.91 Å². The number of allylic oxidation sites excluding steroid dienone is 1. The Kier molecular flexibility index (Phi) is 5.07. The molecular weight excluding hydrogens is 216 g/mol. The van der Waals surface area contributed by atoms with Gasteiger partial charge in [-0.1, -0.05) is 6.08 Å². The molecule has 4 heteroatoms. The molecule has 0 saturated heterocycles. The van der Waals surface area contributed by atoms with Crippen LogP contribution in [-0.2, 0) is 0 Å². The summed E-state index contributed by atoms with van der Waals surface area (Å²) in [6.07, 6.45) is 2.50. The molecule has 92 valence electrons. The Morgan fingerprint density at radius 3 is 2.59 bits per heavy atom. The minimum absolute atomic E-state index is 0.100. The van der Waals surface area contributed by atoms with Gasteiger partial charge < -0.3 is 15.8 Å². The highest BCUT2D eigenvalue weighted by Crippen LogP contribution is 2.10. The number of hydrogen-bond donors (Lipinski definition) is 2. The fourth-order valence-corrected chi connectivity index (χ4v) is 1.31. The molecule has 0 unspecified atom stereocenters. The van der Waals surface area contributed by atoms with Crippen molar-refractivity contribution in [3.8, 4) is 5.75 Å². The third-order valence-electron chi connectivity index (χ3n) is 2.42. The lowest BCUT2D eigenvalue weighted by Crippen LogP contribution is -2.25. The summed E-state index contributed by atoms with van der Waals surface area (Å²) in [5, 5.41) is 2.80. The number of nitrogens with two attached hydrogens (primary N) is 1. The van der Waals surface area contributed by atoms with Crippen molar-refractivity contribution in [1.29, 1.82) is 0 Å². The first-order valence-corrected chi connectivity index (χ1v) is 5.50. The summed E-state index contributed by atoms with van der Waals surface area (Å²) in [6.45, 7) is 2.42. The first kappa shape index (κ1) is 13.1. The molecule has 4 nitrogen and oxygen atoms in total. The lowest BCUT2D eigenvalue weighted by molar-refractivity contribution is 0.0954. The summed E-state index contributed by atoms with van der Waals surface area (Å²) in [5.74, 6) is 0.635. The third-order valence-corrected chi connectivity index (χ3v) is 2.42. The van der Waals surface area contributed by atoms with Gasteiger partial charge >= 0.3 is 0 Å². The molecule has 1 aromatic carbocycles. The lowest BCUT2D eigenvalue weighted by Gasteiger charge is -2.06. The zero-order valence-electron chi connectivity index (χ0n) is 10.2. The molecule has 0 bridgehead atoms. The number of carbonyl (C=O) groups is 1. The summed E-state index contributed by atoms with van der Waals surface area (Å²) < 4.78 is 5.02. The van der Waals surface area contributed by atoms with E-state index >= 15 is 0 Å². The molecule has 0 spiro atoms. The molecule has 0 aliphatic heterocycles. The first-order chi connectivity index (χ1) is 8.17. The van der Waals surface area contributed by atoms with Crippen LogP contribution in [0.25, 0.3) is 0 Å². The predicted octanol–water partition coefficient (Wildman–Crippen LogP) is 1.68. The Morgan fingerprint density at radius 2 is 2.06 bits per heavy atom. The fraction of sp³-hybridized carbons (Fsp3) is 0.308. The summed E-state index contributed by atoms with van der Waals surface area (Å²) in [5.41, 5.74) is 7.02. The van der Waals surface area contributed by atoms with Gasteiger partial charge in [0.1, 0.15) is 5.75 Å². The second-order valence-corrected chi connectivity index (χ2v) is 3.60. The van der Waals surface area contributed by atoms with Crippen molar-refractivity contribution in [1.82, 2.24) is 5.32 Å². The maximum Gasteiger partial charge on any atom is 0.251 e. The van der Waals surface area contributed by atoms with E-state index < -0.39 is 0 Å². The Balaban J connectivity index is 2.46. The van der Waals surface area contributed by atoms with Crippen molar-refractivity contribution >= 4 is 5.91 Å². The minimum atomic E-state index is -0.100. The Bertz CT molecular complexity index is 396. The number of hydrogen-bond acceptors (Lipinski definition) is 3. The van der Waals surface area contributed by atoms with E-state index in [2.05, 4.69) is 5.32 Å². The van der Waals surface area contributed by atoms with Crippen LogP contribution in [0, 0.1) is 0 Å². The van der Waals surface area contributed by atoms with Crippen molar-refractivity contribution in [2.24, 2.45) is 5.73 Å². The summed E-state index contributed by atoms with van der Waals surface area (Å²) >= 11 is 0. The first-order valence-electron chi connectivity index (χ1n) is 5.50. The van der Waals surface area contributed by atoms with Crippen LogP contribution in [-0.4, -0.2) is 19.6 Å². The van der Waals surface area contributed by atoms with E-state index in [9.17, 15) is 4.79 Å². The van der Waals surface area contributed by atoms with Crippen LogP contribution in [0.15, 0.2) is 36.0 Å². The Hall–Kier alpha value is -1.97. The van der Waals surface area contributed by atoms with Gasteiger partial charge in [0.15, 0.2) is 0 Å². The maximum absolute atomic E-state index is 11.7. The number of carbonyl (C=O) groups excluding carboxylic acids is 1. The number of amides is 1. The van der Waals surface area contributed by atoms with Crippen molar-refractivity contribution in [2.45, 2.75) is 13.3 Å². The van der Waals surface area contributed by atoms with Crippen LogP contribution in [0.1, 0.15) is 23.7 Å². The van der Waals surface area contributed by atoms with Gasteiger partial charge in [0.25, 0.3) is 5.91 Å². The van der Waals surface area contributed by atoms with E-state index in [4.69, 9.17) is 10.5 Å². The normalized spacial score (nSPS) is 11.1. The highest BCUT2D eigenvalue weighted by atomic mass is 16.5. The quantitative estimate of drug-likeness (QED) is 0.814. The lowest BCUT2D eigenvalue weighted by atomic mass is 10.2. The highest BCUT2D eigenvalue weighted by molar-refractivity contribution is 5.94. The molecule has 0 saturated carbocycles. The van der Waals surface area contributed by atoms with Crippen molar-refractivity contribution in [2.75, 3.05) is 13.7 Å². The standard InChI is InChI=1S/C13H18N2O2/c1-3-11(14)8-9-15-13(16)10-4-6-12(17-2)7-5-10/h3-7H,8-9,14H2,1-2H3,(H,15,16)/b11-3-. The minimum Gasteiger partial charge on any atom is -0.497 e. The number of methoxy groups -OCH3 is 1. The maximum atomic E-state index is 11.7. The monoisotopic (exact) mass is 234 g/mol. The Labute approximate surface area is 101 Å². The molecule has 3 N–H and O–H groups in total. The topological polar surface area (TPSA) is 64.3 Å². The average Bonchev–Trinajstić information content (AvgIpc) is 2.38. The van der Waals surface area contributed by atoms with Crippen LogP contribution < -0.4 is 15.8 Å². The number of benzene rings is 1. The number of ether oxygens (including phenoxy) is 1. The van der Waals surface area contributed by atoms with Crippen LogP contribution in [0.5, 0.6) is 5.75 Å². The van der Waals surface area contributed by atoms with Crippen molar-refractivity contribution in [3.63, 3.8) is 0 Å². The molecule has 1 amide bonds. The zero-order valence-corrected chi connectivity index (χ0v) is 10.2. The summed E-state index contributed by atoms with van der Waals surface area (Å²) in [4.78, 5) is 11.7. The van der Waals surface area contributed by atoms with E-state index in [1.807, 2.05) is 13.0 Å². The van der Waals surface area contributed by atoms with Crippen molar-refractivity contribution < 1.29 is 9.53 Å². The van der Waals surface area contributed by atoms with Crippen LogP contribution in [0.2, 0.25) is 0 Å². The molecule has 0 aliphatic rings. The summed E-state index contributed by atoms with van der Waals surface area (Å²) in [6, 6.07) is 6.98. The fourth-order valence-electron chi connectivity index (χ4n) is 1.31. The molecular formula is C13H18N2O2. The van der Waals surface area contributed by atoms with Gasteiger partial charge in [-0.2, -0.15) is 0 Å². The zero-order chi connectivity index (χ0) is 12.7. The van der Waals surface area contributed by atoms with Crippen LogP contribution in [0.3, 0.4) is 0 Å².